The molecule has 0 aromatic carbocycles. The molecule has 1 saturated heterocycles. The minimum absolute atomic E-state index is 0.0399. The highest BCUT2D eigenvalue weighted by atomic mass is 32.2. The molecule has 1 aromatic rings. The average molecular weight is 260 g/mol. The smallest absolute Gasteiger partial charge is 0.264 e. The van der Waals surface area contributed by atoms with Gasteiger partial charge < -0.3 is 4.74 Å². The third kappa shape index (κ3) is 3.27. The van der Waals surface area contributed by atoms with Gasteiger partial charge in [-0.3, -0.25) is 8.86 Å². The van der Waals surface area contributed by atoms with Crippen LogP contribution in [0.4, 0.5) is 0 Å². The van der Waals surface area contributed by atoms with Crippen LogP contribution in [-0.2, 0) is 25.6 Å². The molecule has 6 nitrogen and oxygen atoms in total. The second-order valence-corrected chi connectivity index (χ2v) is 5.85. The van der Waals surface area contributed by atoms with Gasteiger partial charge in [-0.1, -0.05) is 0 Å². The van der Waals surface area contributed by atoms with Gasteiger partial charge in [-0.25, -0.2) is 0 Å². The number of hydrogen-bond acceptors (Lipinski definition) is 5. The number of ether oxygens (including phenoxy) is 1. The standard InChI is InChI=1S/C10H16N2O4S/c1-8-9(6-16-17(2,13)14)5-12(11-8)10-3-4-15-7-10/h5,10H,3-4,6-7H2,1-2H3. The number of aryl methyl sites for hydroxylation is 1. The van der Waals surface area contributed by atoms with Crippen molar-refractivity contribution in [1.29, 1.82) is 0 Å². The molecule has 0 saturated carbocycles. The van der Waals surface area contributed by atoms with E-state index in [2.05, 4.69) is 5.10 Å². The molecule has 0 spiro atoms. The van der Waals surface area contributed by atoms with E-state index in [1.807, 2.05) is 17.8 Å². The van der Waals surface area contributed by atoms with Crippen molar-refractivity contribution in [2.75, 3.05) is 19.5 Å². The lowest BCUT2D eigenvalue weighted by atomic mass is 10.2. The summed E-state index contributed by atoms with van der Waals surface area (Å²) in [5.41, 5.74) is 1.59. The quantitative estimate of drug-likeness (QED) is 0.743. The van der Waals surface area contributed by atoms with E-state index in [-0.39, 0.29) is 12.6 Å². The van der Waals surface area contributed by atoms with Crippen LogP contribution in [-0.4, -0.2) is 37.7 Å². The lowest BCUT2D eigenvalue weighted by molar-refractivity contribution is 0.184. The molecule has 0 amide bonds. The maximum atomic E-state index is 10.9. The van der Waals surface area contributed by atoms with Gasteiger partial charge in [0.15, 0.2) is 0 Å². The van der Waals surface area contributed by atoms with Crippen LogP contribution in [0, 0.1) is 6.92 Å². The zero-order valence-electron chi connectivity index (χ0n) is 9.92. The summed E-state index contributed by atoms with van der Waals surface area (Å²) < 4.78 is 33.7. The van der Waals surface area contributed by atoms with Crippen LogP contribution in [0.3, 0.4) is 0 Å². The van der Waals surface area contributed by atoms with Gasteiger partial charge in [0.1, 0.15) is 0 Å². The Bertz CT molecular complexity index is 488. The molecule has 0 bridgehead atoms. The van der Waals surface area contributed by atoms with Gasteiger partial charge in [-0.05, 0) is 13.3 Å². The first-order valence-corrected chi connectivity index (χ1v) is 7.24. The van der Waals surface area contributed by atoms with Crippen molar-refractivity contribution < 1.29 is 17.3 Å². The van der Waals surface area contributed by atoms with Crippen molar-refractivity contribution in [3.8, 4) is 0 Å². The molecule has 17 heavy (non-hydrogen) atoms. The Labute approximate surface area is 101 Å². The molecule has 2 heterocycles. The molecule has 1 fully saturated rings. The van der Waals surface area contributed by atoms with Crippen molar-refractivity contribution in [2.24, 2.45) is 0 Å². The highest BCUT2D eigenvalue weighted by Crippen LogP contribution is 2.20. The Morgan fingerprint density at radius 1 is 1.65 bits per heavy atom. The summed E-state index contributed by atoms with van der Waals surface area (Å²) in [7, 11) is -3.41. The van der Waals surface area contributed by atoms with Gasteiger partial charge in [0.05, 0.1) is 31.2 Å². The maximum Gasteiger partial charge on any atom is 0.264 e. The van der Waals surface area contributed by atoms with Gasteiger partial charge in [0, 0.05) is 18.4 Å². The molecule has 0 aliphatic carbocycles. The summed E-state index contributed by atoms with van der Waals surface area (Å²) in [6.07, 6.45) is 3.81. The summed E-state index contributed by atoms with van der Waals surface area (Å²) in [5, 5.41) is 4.36. The van der Waals surface area contributed by atoms with Crippen molar-refractivity contribution in [1.82, 2.24) is 9.78 Å². The lowest BCUT2D eigenvalue weighted by Gasteiger charge is -2.06. The van der Waals surface area contributed by atoms with E-state index in [1.165, 1.54) is 0 Å². The van der Waals surface area contributed by atoms with Crippen LogP contribution >= 0.6 is 0 Å². The summed E-state index contributed by atoms with van der Waals surface area (Å²) in [6.45, 7) is 3.29. The predicted molar refractivity (Wildman–Crippen MR) is 61.1 cm³/mol. The second-order valence-electron chi connectivity index (χ2n) is 4.20. The molecule has 1 aliphatic rings. The largest absolute Gasteiger partial charge is 0.379 e. The van der Waals surface area contributed by atoms with Crippen molar-refractivity contribution in [3.05, 3.63) is 17.5 Å². The third-order valence-corrected chi connectivity index (χ3v) is 3.27. The van der Waals surface area contributed by atoms with Crippen molar-refractivity contribution in [3.63, 3.8) is 0 Å². The molecule has 2 rings (SSSR count). The number of rotatable bonds is 4. The summed E-state index contributed by atoms with van der Waals surface area (Å²) in [4.78, 5) is 0. The van der Waals surface area contributed by atoms with E-state index < -0.39 is 10.1 Å². The minimum atomic E-state index is -3.41. The Balaban J connectivity index is 2.08. The van der Waals surface area contributed by atoms with Gasteiger partial charge in [0.25, 0.3) is 10.1 Å². The van der Waals surface area contributed by atoms with Crippen molar-refractivity contribution in [2.45, 2.75) is 26.0 Å². The number of aromatic nitrogens is 2. The molecular weight excluding hydrogens is 244 g/mol. The molecule has 1 aromatic heterocycles. The topological polar surface area (TPSA) is 70.4 Å². The molecule has 7 heteroatoms. The zero-order chi connectivity index (χ0) is 12.5. The fourth-order valence-corrected chi connectivity index (χ4v) is 2.09. The Morgan fingerprint density at radius 2 is 2.41 bits per heavy atom. The van der Waals surface area contributed by atoms with Crippen LogP contribution in [0.25, 0.3) is 0 Å². The fraction of sp³-hybridized carbons (Fsp3) is 0.700. The van der Waals surface area contributed by atoms with Gasteiger partial charge in [-0.2, -0.15) is 13.5 Å². The van der Waals surface area contributed by atoms with Crippen LogP contribution in [0.1, 0.15) is 23.7 Å². The summed E-state index contributed by atoms with van der Waals surface area (Å²) in [5.74, 6) is 0. The third-order valence-electron chi connectivity index (χ3n) is 2.73. The van der Waals surface area contributed by atoms with E-state index in [4.69, 9.17) is 8.92 Å². The SMILES string of the molecule is Cc1nn(C2CCOC2)cc1COS(C)(=O)=O. The first kappa shape index (κ1) is 12.5. The Kier molecular flexibility index (Phi) is 3.50. The van der Waals surface area contributed by atoms with Crippen LogP contribution in [0.5, 0.6) is 0 Å². The maximum absolute atomic E-state index is 10.9. The van der Waals surface area contributed by atoms with E-state index in [1.54, 1.807) is 0 Å². The summed E-state index contributed by atoms with van der Waals surface area (Å²) >= 11 is 0. The average Bonchev–Trinajstić information content (AvgIpc) is 2.82. The molecular formula is C10H16N2O4S. The highest BCUT2D eigenvalue weighted by molar-refractivity contribution is 7.85. The second kappa shape index (κ2) is 4.75. The van der Waals surface area contributed by atoms with E-state index in [9.17, 15) is 8.42 Å². The van der Waals surface area contributed by atoms with Crippen molar-refractivity contribution >= 4 is 10.1 Å². The summed E-state index contributed by atoms with van der Waals surface area (Å²) in [6, 6.07) is 0.251. The van der Waals surface area contributed by atoms with Crippen LogP contribution < -0.4 is 0 Å². The Hall–Kier alpha value is -0.920. The first-order chi connectivity index (χ1) is 7.96. The lowest BCUT2D eigenvalue weighted by Crippen LogP contribution is -2.09. The van der Waals surface area contributed by atoms with Crippen LogP contribution in [0.15, 0.2) is 6.20 Å². The molecule has 96 valence electrons. The molecule has 1 atom stereocenters. The molecule has 0 N–H and O–H groups in total. The normalized spacial score (nSPS) is 20.9. The molecule has 0 radical (unpaired) electrons. The van der Waals surface area contributed by atoms with Gasteiger partial charge >= 0.3 is 0 Å². The van der Waals surface area contributed by atoms with Gasteiger partial charge in [-0.15, -0.1) is 0 Å². The molecule has 1 unspecified atom stereocenters. The zero-order valence-corrected chi connectivity index (χ0v) is 10.7. The van der Waals surface area contributed by atoms with E-state index in [0.717, 1.165) is 30.5 Å². The first-order valence-electron chi connectivity index (χ1n) is 5.42. The number of hydrogen-bond donors (Lipinski definition) is 0. The minimum Gasteiger partial charge on any atom is -0.379 e. The number of nitrogens with zero attached hydrogens (tertiary/aromatic N) is 2. The molecule has 1 aliphatic heterocycles. The highest BCUT2D eigenvalue weighted by Gasteiger charge is 2.19. The Morgan fingerprint density at radius 3 is 3.00 bits per heavy atom. The fourth-order valence-electron chi connectivity index (χ4n) is 1.75. The van der Waals surface area contributed by atoms with Gasteiger partial charge in [0.2, 0.25) is 0 Å². The van der Waals surface area contributed by atoms with Crippen LogP contribution in [0.2, 0.25) is 0 Å². The monoisotopic (exact) mass is 260 g/mol. The predicted octanol–water partition coefficient (Wildman–Crippen LogP) is 0.629. The van der Waals surface area contributed by atoms with E-state index in [0.29, 0.717) is 6.61 Å². The van der Waals surface area contributed by atoms with E-state index >= 15 is 0 Å².